The number of ether oxygens (including phenoxy) is 2. The van der Waals surface area contributed by atoms with Gasteiger partial charge in [-0.15, -0.1) is 0 Å². The molecule has 0 bridgehead atoms. The highest BCUT2D eigenvalue weighted by molar-refractivity contribution is 6.01. The zero-order valence-corrected chi connectivity index (χ0v) is 8.23. The lowest BCUT2D eigenvalue weighted by Crippen LogP contribution is -2.32. The van der Waals surface area contributed by atoms with Gasteiger partial charge >= 0.3 is 6.16 Å². The van der Waals surface area contributed by atoms with E-state index in [4.69, 9.17) is 0 Å². The van der Waals surface area contributed by atoms with E-state index in [9.17, 15) is 14.4 Å². The fourth-order valence-corrected chi connectivity index (χ4v) is 0.967. The number of methoxy groups -OCH3 is 1. The van der Waals surface area contributed by atoms with Gasteiger partial charge in [-0.1, -0.05) is 5.06 Å². The highest BCUT2D eigenvalue weighted by Gasteiger charge is 2.33. The minimum atomic E-state index is -1.09. The third-order valence-corrected chi connectivity index (χ3v) is 1.68. The van der Waals surface area contributed by atoms with Gasteiger partial charge in [-0.25, -0.2) is 4.79 Å². The monoisotopic (exact) mass is 217 g/mol. The Morgan fingerprint density at radius 1 is 1.27 bits per heavy atom. The Kier molecular flexibility index (Phi) is 4.04. The molecule has 1 aliphatic heterocycles. The molecule has 0 aromatic heterocycles. The summed E-state index contributed by atoms with van der Waals surface area (Å²) in [7, 11) is 1.45. The molecule has 0 aliphatic carbocycles. The predicted octanol–water partition coefficient (Wildman–Crippen LogP) is -0.150. The van der Waals surface area contributed by atoms with E-state index >= 15 is 0 Å². The Morgan fingerprint density at radius 3 is 2.40 bits per heavy atom. The lowest BCUT2D eigenvalue weighted by atomic mass is 10.4. The second-order valence-electron chi connectivity index (χ2n) is 2.76. The standard InChI is InChI=1S/C8H11NO6/c1-13-4-5-14-8(12)15-9-6(10)2-3-7(9)11/h2-5H2,1H3. The molecule has 0 radical (unpaired) electrons. The smallest absolute Gasteiger partial charge is 0.430 e. The van der Waals surface area contributed by atoms with Crippen LogP contribution in [-0.4, -0.2) is 43.4 Å². The first-order valence-electron chi connectivity index (χ1n) is 4.34. The molecule has 15 heavy (non-hydrogen) atoms. The predicted molar refractivity (Wildman–Crippen MR) is 45.4 cm³/mol. The summed E-state index contributed by atoms with van der Waals surface area (Å²) >= 11 is 0. The number of amides is 2. The van der Waals surface area contributed by atoms with Crippen molar-refractivity contribution in [3.63, 3.8) is 0 Å². The minimum absolute atomic E-state index is 0.00551. The summed E-state index contributed by atoms with van der Waals surface area (Å²) in [6.07, 6.45) is -0.968. The number of hydrogen-bond donors (Lipinski definition) is 0. The average Bonchev–Trinajstić information content (AvgIpc) is 2.50. The van der Waals surface area contributed by atoms with Crippen LogP contribution in [0.5, 0.6) is 0 Å². The summed E-state index contributed by atoms with van der Waals surface area (Å²) in [6.45, 7) is 0.225. The molecule has 7 heteroatoms. The summed E-state index contributed by atoms with van der Waals surface area (Å²) in [6, 6.07) is 0. The lowest BCUT2D eigenvalue weighted by molar-refractivity contribution is -0.177. The van der Waals surface area contributed by atoms with Crippen molar-refractivity contribution in [2.24, 2.45) is 0 Å². The molecule has 1 aliphatic rings. The Labute approximate surface area is 85.8 Å². The molecule has 0 aromatic carbocycles. The third kappa shape index (κ3) is 3.21. The number of rotatable bonds is 4. The van der Waals surface area contributed by atoms with E-state index < -0.39 is 18.0 Å². The topological polar surface area (TPSA) is 82.1 Å². The summed E-state index contributed by atoms with van der Waals surface area (Å²) in [5.41, 5.74) is 0. The van der Waals surface area contributed by atoms with Crippen LogP contribution in [0.25, 0.3) is 0 Å². The van der Waals surface area contributed by atoms with Crippen LogP contribution in [0.4, 0.5) is 4.79 Å². The Balaban J connectivity index is 2.31. The number of carbonyl (C=O) groups excluding carboxylic acids is 3. The van der Waals surface area contributed by atoms with E-state index in [1.54, 1.807) is 0 Å². The SMILES string of the molecule is COCCOC(=O)ON1C(=O)CCC1=O. The van der Waals surface area contributed by atoms with Gasteiger partial charge in [0.15, 0.2) is 0 Å². The normalized spacial score (nSPS) is 15.7. The zero-order valence-electron chi connectivity index (χ0n) is 8.23. The number of carbonyl (C=O) groups is 3. The van der Waals surface area contributed by atoms with Crippen molar-refractivity contribution < 1.29 is 28.7 Å². The van der Waals surface area contributed by atoms with Crippen LogP contribution in [0.2, 0.25) is 0 Å². The molecule has 0 N–H and O–H groups in total. The van der Waals surface area contributed by atoms with Crippen LogP contribution >= 0.6 is 0 Å². The summed E-state index contributed by atoms with van der Waals surface area (Å²) in [5, 5.41) is 0.426. The van der Waals surface area contributed by atoms with Crippen LogP contribution < -0.4 is 0 Å². The van der Waals surface area contributed by atoms with Crippen LogP contribution in [0.15, 0.2) is 0 Å². The van der Waals surface area contributed by atoms with Gasteiger partial charge in [0, 0.05) is 20.0 Å². The van der Waals surface area contributed by atoms with Crippen LogP contribution in [0.1, 0.15) is 12.8 Å². The first-order valence-corrected chi connectivity index (χ1v) is 4.34. The fourth-order valence-electron chi connectivity index (χ4n) is 0.967. The molecule has 1 fully saturated rings. The minimum Gasteiger partial charge on any atom is -0.430 e. The number of hydrogen-bond acceptors (Lipinski definition) is 6. The van der Waals surface area contributed by atoms with Crippen molar-refractivity contribution in [3.05, 3.63) is 0 Å². The average molecular weight is 217 g/mol. The van der Waals surface area contributed by atoms with Crippen molar-refractivity contribution >= 4 is 18.0 Å². The number of nitrogens with zero attached hydrogens (tertiary/aromatic N) is 1. The van der Waals surface area contributed by atoms with Crippen molar-refractivity contribution in [3.8, 4) is 0 Å². The summed E-state index contributed by atoms with van der Waals surface area (Å²) in [4.78, 5) is 37.3. The van der Waals surface area contributed by atoms with E-state index in [-0.39, 0.29) is 26.1 Å². The second-order valence-corrected chi connectivity index (χ2v) is 2.76. The Hall–Kier alpha value is -1.63. The maximum Gasteiger partial charge on any atom is 0.534 e. The van der Waals surface area contributed by atoms with Gasteiger partial charge in [-0.2, -0.15) is 0 Å². The molecule has 0 unspecified atom stereocenters. The van der Waals surface area contributed by atoms with E-state index in [0.717, 1.165) is 0 Å². The van der Waals surface area contributed by atoms with Crippen molar-refractivity contribution in [2.75, 3.05) is 20.3 Å². The Bertz CT molecular complexity index is 260. The first-order chi connectivity index (χ1) is 7.15. The summed E-state index contributed by atoms with van der Waals surface area (Å²) in [5.74, 6) is -1.08. The van der Waals surface area contributed by atoms with Crippen molar-refractivity contribution in [2.45, 2.75) is 12.8 Å². The molecule has 7 nitrogen and oxygen atoms in total. The molecular formula is C8H11NO6. The molecule has 1 saturated heterocycles. The van der Waals surface area contributed by atoms with Crippen LogP contribution in [-0.2, 0) is 23.9 Å². The highest BCUT2D eigenvalue weighted by Crippen LogP contribution is 2.12. The fraction of sp³-hybridized carbons (Fsp3) is 0.625. The maximum atomic E-state index is 11.0. The molecule has 84 valence electrons. The summed E-state index contributed by atoms with van der Waals surface area (Å²) < 4.78 is 9.13. The van der Waals surface area contributed by atoms with Crippen molar-refractivity contribution in [1.29, 1.82) is 0 Å². The van der Waals surface area contributed by atoms with E-state index in [1.165, 1.54) is 7.11 Å². The Morgan fingerprint density at radius 2 is 1.87 bits per heavy atom. The molecule has 1 heterocycles. The molecule has 2 amide bonds. The van der Waals surface area contributed by atoms with E-state index in [1.807, 2.05) is 0 Å². The molecule has 0 aromatic rings. The molecule has 0 spiro atoms. The van der Waals surface area contributed by atoms with Gasteiger partial charge in [0.1, 0.15) is 6.61 Å². The van der Waals surface area contributed by atoms with Gasteiger partial charge < -0.3 is 9.47 Å². The molecule has 0 atom stereocenters. The van der Waals surface area contributed by atoms with Gasteiger partial charge in [-0.3, -0.25) is 14.4 Å². The maximum absolute atomic E-state index is 11.0. The third-order valence-electron chi connectivity index (χ3n) is 1.68. The molecule has 0 saturated carbocycles. The highest BCUT2D eigenvalue weighted by atomic mass is 16.8. The van der Waals surface area contributed by atoms with E-state index in [2.05, 4.69) is 14.3 Å². The van der Waals surface area contributed by atoms with Crippen LogP contribution in [0, 0.1) is 0 Å². The van der Waals surface area contributed by atoms with Crippen molar-refractivity contribution in [1.82, 2.24) is 5.06 Å². The first kappa shape index (κ1) is 11.4. The largest absolute Gasteiger partial charge is 0.534 e. The van der Waals surface area contributed by atoms with Gasteiger partial charge in [0.25, 0.3) is 11.8 Å². The van der Waals surface area contributed by atoms with Gasteiger partial charge in [0.05, 0.1) is 6.61 Å². The quantitative estimate of drug-likeness (QED) is 0.370. The van der Waals surface area contributed by atoms with Gasteiger partial charge in [0.2, 0.25) is 0 Å². The van der Waals surface area contributed by atoms with Crippen LogP contribution in [0.3, 0.4) is 0 Å². The molecular weight excluding hydrogens is 206 g/mol. The zero-order chi connectivity index (χ0) is 11.3. The molecule has 1 rings (SSSR count). The van der Waals surface area contributed by atoms with E-state index in [0.29, 0.717) is 5.06 Å². The van der Waals surface area contributed by atoms with Gasteiger partial charge in [-0.05, 0) is 0 Å². The number of hydroxylamine groups is 2. The second kappa shape index (κ2) is 5.30. The number of imide groups is 1. The lowest BCUT2D eigenvalue weighted by Gasteiger charge is -2.11.